The fraction of sp³-hybridized carbons (Fsp3) is 0.731. The highest BCUT2D eigenvalue weighted by Crippen LogP contribution is 2.17. The highest BCUT2D eigenvalue weighted by molar-refractivity contribution is 5.92. The number of amides is 4. The minimum absolute atomic E-state index is 0.00370. The van der Waals surface area contributed by atoms with Crippen LogP contribution < -0.4 is 21.3 Å². The number of esters is 1. The van der Waals surface area contributed by atoms with Crippen LogP contribution in [0.15, 0.2) is 12.2 Å². The van der Waals surface area contributed by atoms with E-state index in [1.54, 1.807) is 27.7 Å². The molecular weight excluding hydrogens is 496 g/mol. The molecule has 0 radical (unpaired) electrons. The van der Waals surface area contributed by atoms with E-state index < -0.39 is 53.7 Å². The van der Waals surface area contributed by atoms with E-state index >= 15 is 0 Å². The van der Waals surface area contributed by atoms with E-state index in [0.717, 1.165) is 0 Å². The van der Waals surface area contributed by atoms with Crippen molar-refractivity contribution >= 4 is 29.8 Å². The summed E-state index contributed by atoms with van der Waals surface area (Å²) in [5.41, 5.74) is -0.813. The first-order chi connectivity index (χ1) is 17.6. The van der Waals surface area contributed by atoms with Gasteiger partial charge in [-0.3, -0.25) is 14.4 Å². The summed E-state index contributed by atoms with van der Waals surface area (Å²) in [4.78, 5) is 62.5. The number of carbonyl (C=O) groups is 5. The van der Waals surface area contributed by atoms with Crippen molar-refractivity contribution in [1.29, 1.82) is 0 Å². The third kappa shape index (κ3) is 12.4. The van der Waals surface area contributed by atoms with Crippen molar-refractivity contribution < 1.29 is 38.6 Å². The Morgan fingerprint density at radius 2 is 1.76 bits per heavy atom. The second-order valence-electron chi connectivity index (χ2n) is 10.8. The van der Waals surface area contributed by atoms with Gasteiger partial charge in [0, 0.05) is 24.6 Å². The van der Waals surface area contributed by atoms with Gasteiger partial charge in [0.1, 0.15) is 17.7 Å². The van der Waals surface area contributed by atoms with Gasteiger partial charge in [-0.2, -0.15) is 0 Å². The van der Waals surface area contributed by atoms with E-state index in [-0.39, 0.29) is 37.2 Å². The second kappa shape index (κ2) is 15.3. The Labute approximate surface area is 224 Å². The monoisotopic (exact) mass is 540 g/mol. The molecule has 1 rings (SSSR count). The maximum absolute atomic E-state index is 13.3. The number of aliphatic hydroxyl groups excluding tert-OH is 1. The van der Waals surface area contributed by atoms with Crippen LogP contribution in [0.5, 0.6) is 0 Å². The van der Waals surface area contributed by atoms with Crippen LogP contribution in [0, 0.1) is 11.8 Å². The lowest BCUT2D eigenvalue weighted by atomic mass is 9.96. The fourth-order valence-corrected chi connectivity index (χ4v) is 3.83. The van der Waals surface area contributed by atoms with Crippen molar-refractivity contribution in [1.82, 2.24) is 21.3 Å². The van der Waals surface area contributed by atoms with Gasteiger partial charge in [0.2, 0.25) is 17.7 Å². The summed E-state index contributed by atoms with van der Waals surface area (Å²) in [5, 5.41) is 20.7. The molecule has 1 unspecified atom stereocenters. The molecule has 38 heavy (non-hydrogen) atoms. The van der Waals surface area contributed by atoms with E-state index in [4.69, 9.17) is 9.47 Å². The summed E-state index contributed by atoms with van der Waals surface area (Å²) in [5.74, 6) is -2.35. The SMILES string of the molecule is CCOC(=O)/C=C/[C@H](C[C@@H]1CCNC1=O)NC(=O)[C@H](CC(C)C)NC(=O)[C@@H](NC(=O)OC(C)(C)C)C(C)O. The number of hydrogen-bond acceptors (Lipinski definition) is 8. The molecule has 0 saturated carbocycles. The highest BCUT2D eigenvalue weighted by atomic mass is 16.6. The number of hydrogen-bond donors (Lipinski definition) is 5. The molecule has 5 N–H and O–H groups in total. The Morgan fingerprint density at radius 1 is 1.11 bits per heavy atom. The van der Waals surface area contributed by atoms with Gasteiger partial charge >= 0.3 is 12.1 Å². The van der Waals surface area contributed by atoms with Crippen molar-refractivity contribution in [3.05, 3.63) is 12.2 Å². The van der Waals surface area contributed by atoms with Gasteiger partial charge in [-0.15, -0.1) is 0 Å². The molecule has 216 valence electrons. The number of alkyl carbamates (subject to hydrolysis) is 1. The third-order valence-corrected chi connectivity index (χ3v) is 5.56. The van der Waals surface area contributed by atoms with Gasteiger partial charge in [-0.25, -0.2) is 9.59 Å². The molecule has 1 aliphatic heterocycles. The molecular formula is C26H44N4O8. The minimum Gasteiger partial charge on any atom is -0.463 e. The van der Waals surface area contributed by atoms with Crippen molar-refractivity contribution in [2.75, 3.05) is 13.2 Å². The van der Waals surface area contributed by atoms with E-state index in [0.29, 0.717) is 13.0 Å². The topological polar surface area (TPSA) is 172 Å². The molecule has 0 bridgehead atoms. The third-order valence-electron chi connectivity index (χ3n) is 5.56. The van der Waals surface area contributed by atoms with Crippen LogP contribution in [-0.2, 0) is 28.7 Å². The molecule has 0 aromatic rings. The average Bonchev–Trinajstić information content (AvgIpc) is 3.17. The van der Waals surface area contributed by atoms with Crippen LogP contribution in [0.3, 0.4) is 0 Å². The van der Waals surface area contributed by atoms with E-state index in [2.05, 4.69) is 21.3 Å². The van der Waals surface area contributed by atoms with Crippen molar-refractivity contribution in [2.45, 2.75) is 97.6 Å². The Bertz CT molecular complexity index is 866. The van der Waals surface area contributed by atoms with Gasteiger partial charge in [0.15, 0.2) is 0 Å². The summed E-state index contributed by atoms with van der Waals surface area (Å²) in [6.07, 6.45) is 1.62. The Morgan fingerprint density at radius 3 is 2.26 bits per heavy atom. The summed E-state index contributed by atoms with van der Waals surface area (Å²) < 4.78 is 10.1. The largest absolute Gasteiger partial charge is 0.463 e. The molecule has 0 spiro atoms. The number of nitrogens with one attached hydrogen (secondary N) is 4. The number of carbonyl (C=O) groups excluding carboxylic acids is 5. The van der Waals surface area contributed by atoms with Crippen molar-refractivity contribution in [3.63, 3.8) is 0 Å². The molecule has 0 aromatic carbocycles. The first-order valence-corrected chi connectivity index (χ1v) is 13.0. The number of rotatable bonds is 13. The second-order valence-corrected chi connectivity index (χ2v) is 10.8. The fourth-order valence-electron chi connectivity index (χ4n) is 3.83. The first kappa shape index (κ1) is 32.9. The lowest BCUT2D eigenvalue weighted by molar-refractivity contribution is -0.137. The molecule has 4 amide bonds. The molecule has 1 aliphatic rings. The average molecular weight is 541 g/mol. The lowest BCUT2D eigenvalue weighted by Crippen LogP contribution is -2.58. The predicted molar refractivity (Wildman–Crippen MR) is 140 cm³/mol. The summed E-state index contributed by atoms with van der Waals surface area (Å²) in [6.45, 7) is 12.5. The highest BCUT2D eigenvalue weighted by Gasteiger charge is 2.33. The van der Waals surface area contributed by atoms with Gasteiger partial charge in [0.05, 0.1) is 12.7 Å². The standard InChI is InChI=1S/C26H44N4O8/c1-8-37-20(32)10-9-18(14-17-11-12-27-22(17)33)28-23(34)19(13-15(2)3)29-24(35)21(16(4)31)30-25(36)38-26(5,6)7/h9-10,15-19,21,31H,8,11-14H2,1-7H3,(H,27,33)(H,28,34)(H,29,35)(H,30,36)/b10-9+/t16?,17-,18+,19-,21-/m0/s1. The van der Waals surface area contributed by atoms with Crippen molar-refractivity contribution in [2.24, 2.45) is 11.8 Å². The van der Waals surface area contributed by atoms with Crippen LogP contribution in [0.1, 0.15) is 67.7 Å². The molecule has 0 aromatic heterocycles. The van der Waals surface area contributed by atoms with Crippen LogP contribution in [0.4, 0.5) is 4.79 Å². The first-order valence-electron chi connectivity index (χ1n) is 13.0. The molecule has 0 aliphatic carbocycles. The maximum Gasteiger partial charge on any atom is 0.408 e. The lowest BCUT2D eigenvalue weighted by Gasteiger charge is -2.28. The van der Waals surface area contributed by atoms with Crippen LogP contribution in [-0.4, -0.2) is 77.9 Å². The number of aliphatic hydroxyl groups is 1. The van der Waals surface area contributed by atoms with E-state index in [1.807, 2.05) is 13.8 Å². The van der Waals surface area contributed by atoms with Gasteiger partial charge in [-0.1, -0.05) is 19.9 Å². The summed E-state index contributed by atoms with van der Waals surface area (Å²) >= 11 is 0. The summed E-state index contributed by atoms with van der Waals surface area (Å²) in [6, 6.07) is -3.06. The van der Waals surface area contributed by atoms with E-state index in [9.17, 15) is 29.1 Å². The van der Waals surface area contributed by atoms with Gasteiger partial charge in [0.25, 0.3) is 0 Å². The Kier molecular flexibility index (Phi) is 13.2. The van der Waals surface area contributed by atoms with Crippen LogP contribution in [0.25, 0.3) is 0 Å². The minimum atomic E-state index is -1.37. The predicted octanol–water partition coefficient (Wildman–Crippen LogP) is 0.922. The van der Waals surface area contributed by atoms with Crippen LogP contribution >= 0.6 is 0 Å². The zero-order valence-electron chi connectivity index (χ0n) is 23.5. The quantitative estimate of drug-likeness (QED) is 0.169. The van der Waals surface area contributed by atoms with E-state index in [1.165, 1.54) is 19.1 Å². The molecule has 1 saturated heterocycles. The molecule has 12 nitrogen and oxygen atoms in total. The normalized spacial score (nSPS) is 18.8. The zero-order chi connectivity index (χ0) is 29.0. The van der Waals surface area contributed by atoms with Crippen molar-refractivity contribution in [3.8, 4) is 0 Å². The maximum atomic E-state index is 13.3. The van der Waals surface area contributed by atoms with Crippen LogP contribution in [0.2, 0.25) is 0 Å². The number of ether oxygens (including phenoxy) is 2. The zero-order valence-corrected chi connectivity index (χ0v) is 23.5. The molecule has 1 fully saturated rings. The molecule has 12 heteroatoms. The smallest absolute Gasteiger partial charge is 0.408 e. The Hall–Kier alpha value is -3.15. The molecule has 1 heterocycles. The molecule has 5 atom stereocenters. The van der Waals surface area contributed by atoms with Gasteiger partial charge < -0.3 is 35.8 Å². The summed E-state index contributed by atoms with van der Waals surface area (Å²) in [7, 11) is 0. The Balaban J connectivity index is 3.04. The van der Waals surface area contributed by atoms with Gasteiger partial charge in [-0.05, 0) is 59.8 Å².